The van der Waals surface area contributed by atoms with Crippen LogP contribution >= 0.6 is 0 Å². The highest BCUT2D eigenvalue weighted by atomic mass is 16.6. The van der Waals surface area contributed by atoms with Gasteiger partial charge in [0.2, 0.25) is 5.91 Å². The van der Waals surface area contributed by atoms with Crippen molar-refractivity contribution in [2.24, 2.45) is 0 Å². The Balaban J connectivity index is 1.28. The van der Waals surface area contributed by atoms with Crippen LogP contribution in [0.4, 0.5) is 22.7 Å². The van der Waals surface area contributed by atoms with Crippen molar-refractivity contribution in [3.8, 4) is 0 Å². The maximum atomic E-state index is 13.4. The molecule has 4 aromatic rings. The van der Waals surface area contributed by atoms with Crippen molar-refractivity contribution in [2.75, 3.05) is 29.0 Å². The minimum absolute atomic E-state index is 0.102. The Morgan fingerprint density at radius 3 is 2.30 bits per heavy atom. The fourth-order valence-corrected chi connectivity index (χ4v) is 5.81. The Bertz CT molecular complexity index is 1730. The van der Waals surface area contributed by atoms with E-state index in [1.807, 2.05) is 42.5 Å². The summed E-state index contributed by atoms with van der Waals surface area (Å²) in [5.41, 5.74) is 6.03. The van der Waals surface area contributed by atoms with Crippen LogP contribution in [-0.2, 0) is 22.6 Å². The molecular weight excluding hydrogens is 554 g/mol. The number of nitrogens with one attached hydrogen (secondary N) is 3. The van der Waals surface area contributed by atoms with Crippen LogP contribution in [0, 0.1) is 10.1 Å². The third kappa shape index (κ3) is 6.53. The van der Waals surface area contributed by atoms with Gasteiger partial charge in [-0.3, -0.25) is 24.6 Å². The lowest BCUT2D eigenvalue weighted by Gasteiger charge is -2.26. The molecule has 1 saturated heterocycles. The lowest BCUT2D eigenvalue weighted by Crippen LogP contribution is -2.29. The average molecular weight is 588 g/mol. The number of hydrogen-bond acceptors (Lipinski definition) is 6. The van der Waals surface area contributed by atoms with Gasteiger partial charge in [0.25, 0.3) is 11.6 Å². The van der Waals surface area contributed by atoms with Crippen molar-refractivity contribution in [3.05, 3.63) is 129 Å². The van der Waals surface area contributed by atoms with E-state index in [9.17, 15) is 19.7 Å². The molecule has 2 aliphatic rings. The first kappa shape index (κ1) is 28.8. The number of carbonyl (C=O) groups excluding carboxylic acids is 2. The van der Waals surface area contributed by atoms with Gasteiger partial charge in [0, 0.05) is 40.8 Å². The predicted molar refractivity (Wildman–Crippen MR) is 173 cm³/mol. The summed E-state index contributed by atoms with van der Waals surface area (Å²) in [7, 11) is 0. The second-order valence-electron chi connectivity index (χ2n) is 11.1. The summed E-state index contributed by atoms with van der Waals surface area (Å²) < 4.78 is 0. The number of piperidine rings is 1. The highest BCUT2D eigenvalue weighted by Gasteiger charge is 2.29. The van der Waals surface area contributed by atoms with Gasteiger partial charge in [0.15, 0.2) is 0 Å². The second-order valence-corrected chi connectivity index (χ2v) is 11.1. The summed E-state index contributed by atoms with van der Waals surface area (Å²) in [5.74, 6) is -0.649. The van der Waals surface area contributed by atoms with Crippen LogP contribution in [0.25, 0.3) is 11.3 Å². The zero-order chi connectivity index (χ0) is 30.5. The highest BCUT2D eigenvalue weighted by molar-refractivity contribution is 6.37. The molecule has 3 N–H and O–H groups in total. The van der Waals surface area contributed by atoms with Crippen LogP contribution in [0.15, 0.2) is 97.1 Å². The number of nitro groups is 1. The number of amides is 2. The van der Waals surface area contributed by atoms with Gasteiger partial charge >= 0.3 is 0 Å². The van der Waals surface area contributed by atoms with Crippen molar-refractivity contribution >= 4 is 45.8 Å². The quantitative estimate of drug-likeness (QED) is 0.114. The minimum atomic E-state index is -0.493. The first-order chi connectivity index (χ1) is 21.4. The van der Waals surface area contributed by atoms with Crippen molar-refractivity contribution in [2.45, 2.75) is 32.2 Å². The molecule has 9 nitrogen and oxygen atoms in total. The Morgan fingerprint density at radius 1 is 0.841 bits per heavy atom. The molecule has 0 radical (unpaired) electrons. The number of carbonyl (C=O) groups is 2. The van der Waals surface area contributed by atoms with Crippen LogP contribution in [0.1, 0.15) is 41.5 Å². The molecule has 0 aromatic heterocycles. The Labute approximate surface area is 255 Å². The van der Waals surface area contributed by atoms with E-state index >= 15 is 0 Å². The van der Waals surface area contributed by atoms with Crippen molar-refractivity contribution in [1.82, 2.24) is 4.90 Å². The third-order valence-electron chi connectivity index (χ3n) is 7.98. The Kier molecular flexibility index (Phi) is 8.47. The maximum absolute atomic E-state index is 13.4. The standard InChI is InChI=1S/C35H33N5O4/c41-32(21-26-11-5-6-12-31(26)40(43)44)36-28-17-18-30-29(22-28)33(35(42)38-30)34(25-9-3-1-4-10-25)37-27-15-13-24(14-16-27)23-39-19-7-2-8-20-39/h1,3-6,9-18,22,37H,2,7-8,19-21,23H2,(H,36,41)(H,38,42). The lowest BCUT2D eigenvalue weighted by molar-refractivity contribution is -0.385. The van der Waals surface area contributed by atoms with E-state index in [-0.39, 0.29) is 18.0 Å². The van der Waals surface area contributed by atoms with Gasteiger partial charge in [-0.1, -0.05) is 67.1 Å². The Hall–Kier alpha value is -5.28. The molecule has 222 valence electrons. The molecule has 2 amide bonds. The fourth-order valence-electron chi connectivity index (χ4n) is 5.81. The molecule has 1 fully saturated rings. The molecule has 0 atom stereocenters. The first-order valence-corrected chi connectivity index (χ1v) is 14.8. The molecule has 9 heteroatoms. The van der Waals surface area contributed by atoms with E-state index in [1.165, 1.54) is 30.9 Å². The number of benzene rings is 4. The molecule has 4 aromatic carbocycles. The molecule has 44 heavy (non-hydrogen) atoms. The molecule has 0 bridgehead atoms. The van der Waals surface area contributed by atoms with Gasteiger partial charge in [-0.15, -0.1) is 0 Å². The van der Waals surface area contributed by atoms with Crippen LogP contribution < -0.4 is 16.0 Å². The number of nitrogens with zero attached hydrogens (tertiary/aromatic N) is 2. The summed E-state index contributed by atoms with van der Waals surface area (Å²) in [4.78, 5) is 39.7. The van der Waals surface area contributed by atoms with Crippen molar-refractivity contribution in [3.63, 3.8) is 0 Å². The fraction of sp³-hybridized carbons (Fsp3) is 0.200. The van der Waals surface area contributed by atoms with Crippen LogP contribution in [0.3, 0.4) is 0 Å². The van der Waals surface area contributed by atoms with E-state index in [0.29, 0.717) is 33.8 Å². The number of anilines is 3. The molecule has 6 rings (SSSR count). The van der Waals surface area contributed by atoms with E-state index in [0.717, 1.165) is 30.9 Å². The van der Waals surface area contributed by atoms with Gasteiger partial charge in [-0.25, -0.2) is 0 Å². The van der Waals surface area contributed by atoms with Gasteiger partial charge in [0.05, 0.1) is 22.6 Å². The van der Waals surface area contributed by atoms with E-state index < -0.39 is 10.8 Å². The average Bonchev–Trinajstić information content (AvgIpc) is 3.36. The van der Waals surface area contributed by atoms with E-state index in [4.69, 9.17) is 0 Å². The topological polar surface area (TPSA) is 117 Å². The number of rotatable bonds is 9. The number of nitro benzene ring substituents is 1. The predicted octanol–water partition coefficient (Wildman–Crippen LogP) is 6.69. The SMILES string of the molecule is O=C(Cc1ccccc1[N+](=O)[O-])Nc1ccc2c(c1)C(=C(Nc1ccc(CN3CCCCC3)cc1)c1ccccc1)C(=O)N2. The maximum Gasteiger partial charge on any atom is 0.273 e. The third-order valence-corrected chi connectivity index (χ3v) is 7.98. The molecular formula is C35H33N5O4. The second kappa shape index (κ2) is 12.9. The van der Waals surface area contributed by atoms with Gasteiger partial charge in [0.1, 0.15) is 0 Å². The summed E-state index contributed by atoms with van der Waals surface area (Å²) in [6.45, 7) is 3.19. The number of likely N-dealkylation sites (tertiary alicyclic amines) is 1. The summed E-state index contributed by atoms with van der Waals surface area (Å²) in [6, 6.07) is 29.4. The van der Waals surface area contributed by atoms with Crippen LogP contribution in [0.5, 0.6) is 0 Å². The molecule has 2 aliphatic heterocycles. The largest absolute Gasteiger partial charge is 0.354 e. The van der Waals surface area contributed by atoms with E-state index in [1.54, 1.807) is 36.4 Å². The lowest BCUT2D eigenvalue weighted by atomic mass is 9.99. The zero-order valence-corrected chi connectivity index (χ0v) is 24.2. The van der Waals surface area contributed by atoms with Crippen molar-refractivity contribution < 1.29 is 14.5 Å². The molecule has 0 saturated carbocycles. The first-order valence-electron chi connectivity index (χ1n) is 14.8. The number of para-hydroxylation sites is 1. The molecule has 0 unspecified atom stereocenters. The van der Waals surface area contributed by atoms with Gasteiger partial charge in [-0.2, -0.15) is 0 Å². The zero-order valence-electron chi connectivity index (χ0n) is 24.2. The number of fused-ring (bicyclic) bond motifs is 1. The van der Waals surface area contributed by atoms with Crippen molar-refractivity contribution in [1.29, 1.82) is 0 Å². The number of hydrogen-bond donors (Lipinski definition) is 3. The van der Waals surface area contributed by atoms with E-state index in [2.05, 4.69) is 33.0 Å². The van der Waals surface area contributed by atoms with Crippen LogP contribution in [0.2, 0.25) is 0 Å². The summed E-state index contributed by atoms with van der Waals surface area (Å²) in [6.07, 6.45) is 3.65. The monoisotopic (exact) mass is 587 g/mol. The summed E-state index contributed by atoms with van der Waals surface area (Å²) in [5, 5.41) is 20.7. The molecule has 0 aliphatic carbocycles. The highest BCUT2D eigenvalue weighted by Crippen LogP contribution is 2.39. The minimum Gasteiger partial charge on any atom is -0.354 e. The van der Waals surface area contributed by atoms with Crippen LogP contribution in [-0.4, -0.2) is 34.7 Å². The molecule has 0 spiro atoms. The van der Waals surface area contributed by atoms with Gasteiger partial charge < -0.3 is 16.0 Å². The molecule has 2 heterocycles. The smallest absolute Gasteiger partial charge is 0.273 e. The Morgan fingerprint density at radius 2 is 1.55 bits per heavy atom. The van der Waals surface area contributed by atoms with Gasteiger partial charge in [-0.05, 0) is 67.4 Å². The summed E-state index contributed by atoms with van der Waals surface area (Å²) >= 11 is 0. The normalized spacial score (nSPS) is 15.7.